The normalized spacial score (nSPS) is 23.0. The van der Waals surface area contributed by atoms with E-state index in [2.05, 4.69) is 0 Å². The van der Waals surface area contributed by atoms with Crippen LogP contribution in [0.5, 0.6) is 0 Å². The third-order valence-corrected chi connectivity index (χ3v) is 4.49. The number of rotatable bonds is 12. The highest BCUT2D eigenvalue weighted by molar-refractivity contribution is 5.72. The molecule has 1 heterocycles. The summed E-state index contributed by atoms with van der Waals surface area (Å²) in [7, 11) is 0. The van der Waals surface area contributed by atoms with Crippen LogP contribution in [0, 0.1) is 0 Å². The zero-order valence-corrected chi connectivity index (χ0v) is 19.1. The molecule has 0 unspecified atom stereocenters. The van der Waals surface area contributed by atoms with E-state index < -0.39 is 67.2 Å². The predicted molar refractivity (Wildman–Crippen MR) is 107 cm³/mol. The maximum Gasteiger partial charge on any atom is 0.307 e. The first kappa shape index (κ1) is 27.3. The van der Waals surface area contributed by atoms with Crippen LogP contribution in [0.25, 0.3) is 0 Å². The maximum absolute atomic E-state index is 12.1. The topological polar surface area (TPSA) is 141 Å². The Labute approximate surface area is 187 Å². The van der Waals surface area contributed by atoms with Crippen molar-refractivity contribution in [1.29, 1.82) is 0 Å². The second-order valence-corrected chi connectivity index (χ2v) is 6.85. The van der Waals surface area contributed by atoms with E-state index in [0.717, 1.165) is 0 Å². The van der Waals surface area contributed by atoms with Gasteiger partial charge in [-0.05, 0) is 0 Å². The van der Waals surface area contributed by atoms with Gasteiger partial charge in [0, 0.05) is 32.1 Å². The van der Waals surface area contributed by atoms with Crippen LogP contribution in [0.1, 0.15) is 66.7 Å². The lowest BCUT2D eigenvalue weighted by Gasteiger charge is -2.28. The van der Waals surface area contributed by atoms with Crippen molar-refractivity contribution in [3.05, 3.63) is 0 Å². The van der Waals surface area contributed by atoms with Crippen molar-refractivity contribution in [1.82, 2.24) is 0 Å². The van der Waals surface area contributed by atoms with E-state index in [1.165, 1.54) is 0 Å². The van der Waals surface area contributed by atoms with Crippen molar-refractivity contribution in [2.24, 2.45) is 0 Å². The van der Waals surface area contributed by atoms with Gasteiger partial charge in [0.15, 0.2) is 12.2 Å². The van der Waals surface area contributed by atoms with Crippen LogP contribution in [0.15, 0.2) is 0 Å². The summed E-state index contributed by atoms with van der Waals surface area (Å²) in [5.41, 5.74) is 0. The van der Waals surface area contributed by atoms with Gasteiger partial charge in [0.1, 0.15) is 12.7 Å². The second-order valence-electron chi connectivity index (χ2n) is 6.85. The molecule has 0 bridgehead atoms. The first-order chi connectivity index (χ1) is 15.2. The summed E-state index contributed by atoms with van der Waals surface area (Å²) in [6.45, 7) is 7.45. The Bertz CT molecular complexity index is 675. The number of carbonyl (C=O) groups is 5. The lowest BCUT2D eigenvalue weighted by atomic mass is 10.1. The number of ether oxygens (including phenoxy) is 6. The van der Waals surface area contributed by atoms with Crippen molar-refractivity contribution in [3.8, 4) is 0 Å². The Hall–Kier alpha value is -2.69. The molecule has 0 spiro atoms. The molecule has 5 atom stereocenters. The van der Waals surface area contributed by atoms with Crippen molar-refractivity contribution in [2.75, 3.05) is 6.61 Å². The van der Waals surface area contributed by atoms with Crippen LogP contribution in [-0.4, -0.2) is 67.2 Å². The molecule has 1 saturated heterocycles. The Morgan fingerprint density at radius 3 is 1.62 bits per heavy atom. The first-order valence-corrected chi connectivity index (χ1v) is 10.8. The Morgan fingerprint density at radius 1 is 0.656 bits per heavy atom. The van der Waals surface area contributed by atoms with E-state index in [0.29, 0.717) is 0 Å². The largest absolute Gasteiger partial charge is 0.462 e. The van der Waals surface area contributed by atoms with Crippen LogP contribution in [0.2, 0.25) is 0 Å². The van der Waals surface area contributed by atoms with Gasteiger partial charge in [-0.15, -0.1) is 0 Å². The highest BCUT2D eigenvalue weighted by Crippen LogP contribution is 2.32. The molecule has 0 aromatic carbocycles. The first-order valence-electron chi connectivity index (χ1n) is 10.8. The smallest absolute Gasteiger partial charge is 0.307 e. The molecule has 1 fully saturated rings. The summed E-state index contributed by atoms with van der Waals surface area (Å²) < 4.78 is 32.3. The standard InChI is InChI=1S/C21H32O11/c1-6-13(22)27-11-12(28-14(23)7-2)18-19(29-15(24)8-3)20(30-16(25)9-4)21(32-18)31-17(26)10-5/h12,18-21H,6-11H2,1-5H3/t12-,18-,19+,20-,21+/m1/s1. The van der Waals surface area contributed by atoms with Gasteiger partial charge in [0.2, 0.25) is 12.4 Å². The number of hydrogen-bond donors (Lipinski definition) is 0. The van der Waals surface area contributed by atoms with Crippen molar-refractivity contribution in [2.45, 2.75) is 97.4 Å². The third kappa shape index (κ3) is 8.10. The molecule has 0 amide bonds. The van der Waals surface area contributed by atoms with Crippen LogP contribution < -0.4 is 0 Å². The SMILES string of the molecule is CCC(=O)OC[C@@H](OC(=O)CC)[C@H]1O[C@H](OC(=O)CC)[C@H](OC(=O)CC)[C@H]1OC(=O)CC. The van der Waals surface area contributed by atoms with Gasteiger partial charge in [0.05, 0.1) is 0 Å². The molecule has 1 aliphatic heterocycles. The van der Waals surface area contributed by atoms with Gasteiger partial charge in [0.25, 0.3) is 0 Å². The van der Waals surface area contributed by atoms with Crippen molar-refractivity contribution >= 4 is 29.8 Å². The summed E-state index contributed by atoms with van der Waals surface area (Å²) in [6.07, 6.45) is -6.30. The van der Waals surface area contributed by atoms with Gasteiger partial charge in [-0.1, -0.05) is 34.6 Å². The molecule has 1 rings (SSSR count). The average Bonchev–Trinajstić information content (AvgIpc) is 3.11. The van der Waals surface area contributed by atoms with Crippen LogP contribution in [-0.2, 0) is 52.4 Å². The molecule has 11 heteroatoms. The Balaban J connectivity index is 3.31. The Morgan fingerprint density at radius 2 is 1.12 bits per heavy atom. The molecule has 0 N–H and O–H groups in total. The van der Waals surface area contributed by atoms with Gasteiger partial charge in [-0.2, -0.15) is 0 Å². The summed E-state index contributed by atoms with van der Waals surface area (Å²) >= 11 is 0. The number of carbonyl (C=O) groups excluding carboxylic acids is 5. The van der Waals surface area contributed by atoms with Gasteiger partial charge in [-0.25, -0.2) is 0 Å². The minimum Gasteiger partial charge on any atom is -0.462 e. The molecule has 0 aromatic rings. The zero-order valence-electron chi connectivity index (χ0n) is 19.1. The van der Waals surface area contributed by atoms with E-state index in [1.807, 2.05) is 0 Å². The van der Waals surface area contributed by atoms with Gasteiger partial charge in [-0.3, -0.25) is 24.0 Å². The van der Waals surface area contributed by atoms with E-state index in [4.69, 9.17) is 28.4 Å². The van der Waals surface area contributed by atoms with Gasteiger partial charge >= 0.3 is 29.8 Å². The third-order valence-electron chi connectivity index (χ3n) is 4.49. The van der Waals surface area contributed by atoms with E-state index in [-0.39, 0.29) is 32.1 Å². The number of hydrogen-bond acceptors (Lipinski definition) is 11. The van der Waals surface area contributed by atoms with Crippen LogP contribution in [0.3, 0.4) is 0 Å². The maximum atomic E-state index is 12.1. The molecule has 11 nitrogen and oxygen atoms in total. The highest BCUT2D eigenvalue weighted by Gasteiger charge is 2.55. The fraction of sp³-hybridized carbons (Fsp3) is 0.762. The highest BCUT2D eigenvalue weighted by atomic mass is 16.8. The lowest BCUT2D eigenvalue weighted by Crippen LogP contribution is -2.47. The van der Waals surface area contributed by atoms with Gasteiger partial charge < -0.3 is 28.4 Å². The Kier molecular flexibility index (Phi) is 11.7. The average molecular weight is 460 g/mol. The molecule has 0 radical (unpaired) electrons. The zero-order chi connectivity index (χ0) is 24.3. The van der Waals surface area contributed by atoms with Crippen molar-refractivity contribution < 1.29 is 52.4 Å². The van der Waals surface area contributed by atoms with Crippen molar-refractivity contribution in [3.63, 3.8) is 0 Å². The molecule has 32 heavy (non-hydrogen) atoms. The van der Waals surface area contributed by atoms with Crippen LogP contribution >= 0.6 is 0 Å². The molecule has 0 aromatic heterocycles. The molecule has 0 saturated carbocycles. The van der Waals surface area contributed by atoms with E-state index in [1.54, 1.807) is 34.6 Å². The monoisotopic (exact) mass is 460 g/mol. The van der Waals surface area contributed by atoms with E-state index >= 15 is 0 Å². The molecule has 182 valence electrons. The van der Waals surface area contributed by atoms with E-state index in [9.17, 15) is 24.0 Å². The molecular formula is C21H32O11. The summed E-state index contributed by atoms with van der Waals surface area (Å²) in [5.74, 6) is -3.11. The second kappa shape index (κ2) is 13.7. The molecule has 0 aliphatic carbocycles. The summed E-state index contributed by atoms with van der Waals surface area (Å²) in [6, 6.07) is 0. The minimum absolute atomic E-state index is 0.00130. The quantitative estimate of drug-likeness (QED) is 0.309. The predicted octanol–water partition coefficient (Wildman–Crippen LogP) is 1.58. The number of esters is 5. The molecular weight excluding hydrogens is 428 g/mol. The summed E-state index contributed by atoms with van der Waals surface area (Å²) in [4.78, 5) is 59.7. The fourth-order valence-electron chi connectivity index (χ4n) is 2.71. The lowest BCUT2D eigenvalue weighted by molar-refractivity contribution is -0.205. The minimum atomic E-state index is -1.41. The fourth-order valence-corrected chi connectivity index (χ4v) is 2.71. The molecule has 1 aliphatic rings. The van der Waals surface area contributed by atoms with Crippen LogP contribution in [0.4, 0.5) is 0 Å². The summed E-state index contributed by atoms with van der Waals surface area (Å²) in [5, 5.41) is 0.